The molecule has 176 valence electrons. The molecule has 1 amide bonds. The van der Waals surface area contributed by atoms with Crippen LogP contribution in [0.1, 0.15) is 23.6 Å². The fourth-order valence-corrected chi connectivity index (χ4v) is 4.36. The van der Waals surface area contributed by atoms with Crippen molar-refractivity contribution in [2.45, 2.75) is 19.0 Å². The van der Waals surface area contributed by atoms with Crippen molar-refractivity contribution in [3.63, 3.8) is 0 Å². The van der Waals surface area contributed by atoms with Crippen molar-refractivity contribution < 1.29 is 24.2 Å². The van der Waals surface area contributed by atoms with Gasteiger partial charge >= 0.3 is 0 Å². The van der Waals surface area contributed by atoms with E-state index in [4.69, 9.17) is 9.47 Å². The molecular formula is C25H24BrN3O5. The highest BCUT2D eigenvalue weighted by Crippen LogP contribution is 2.44. The second-order valence-electron chi connectivity index (χ2n) is 7.76. The van der Waals surface area contributed by atoms with Gasteiger partial charge in [-0.3, -0.25) is 9.59 Å². The summed E-state index contributed by atoms with van der Waals surface area (Å²) in [6.45, 7) is 0.919. The van der Waals surface area contributed by atoms with Crippen LogP contribution in [0.3, 0.4) is 0 Å². The summed E-state index contributed by atoms with van der Waals surface area (Å²) in [5, 5.41) is 11.2. The highest BCUT2D eigenvalue weighted by atomic mass is 79.9. The van der Waals surface area contributed by atoms with E-state index in [1.54, 1.807) is 55.0 Å². The van der Waals surface area contributed by atoms with Crippen LogP contribution < -0.4 is 9.47 Å². The maximum atomic E-state index is 13.2. The minimum atomic E-state index is -0.837. The predicted molar refractivity (Wildman–Crippen MR) is 130 cm³/mol. The van der Waals surface area contributed by atoms with Gasteiger partial charge in [0.2, 0.25) is 0 Å². The zero-order chi connectivity index (χ0) is 24.2. The summed E-state index contributed by atoms with van der Waals surface area (Å²) in [5.74, 6) is -0.618. The van der Waals surface area contributed by atoms with E-state index in [0.29, 0.717) is 42.1 Å². The van der Waals surface area contributed by atoms with E-state index in [9.17, 15) is 14.7 Å². The number of aromatic nitrogens is 2. The zero-order valence-electron chi connectivity index (χ0n) is 18.8. The molecule has 0 radical (unpaired) electrons. The average molecular weight is 526 g/mol. The Bertz CT molecular complexity index is 1220. The average Bonchev–Trinajstić information content (AvgIpc) is 3.46. The molecule has 1 saturated heterocycles. The number of amides is 1. The van der Waals surface area contributed by atoms with Gasteiger partial charge in [-0.2, -0.15) is 0 Å². The Morgan fingerprint density at radius 2 is 1.85 bits per heavy atom. The van der Waals surface area contributed by atoms with Gasteiger partial charge in [-0.05, 0) is 36.8 Å². The maximum absolute atomic E-state index is 13.2. The number of aryl methyl sites for hydroxylation is 1. The molecule has 8 nitrogen and oxygen atoms in total. The van der Waals surface area contributed by atoms with Gasteiger partial charge in [-0.1, -0.05) is 28.1 Å². The number of carbonyl (C=O) groups excluding carboxylic acids is 2. The van der Waals surface area contributed by atoms with E-state index in [-0.39, 0.29) is 11.3 Å². The van der Waals surface area contributed by atoms with E-state index in [1.807, 2.05) is 10.8 Å². The number of hydrogen-bond donors (Lipinski definition) is 1. The van der Waals surface area contributed by atoms with E-state index in [1.165, 1.54) is 19.1 Å². The van der Waals surface area contributed by atoms with Crippen LogP contribution in [-0.2, 0) is 16.1 Å². The SMILES string of the molecule is COc1ccc(OC)c([C@@H]2C(=C(O)c3ccc(Br)cc3)C(=O)C(=O)N2CCCn2ccnc2)c1. The number of Topliss-reactive ketones (excluding diaryl/α,β-unsaturated/α-hetero) is 1. The van der Waals surface area contributed by atoms with Gasteiger partial charge in [0, 0.05) is 41.1 Å². The van der Waals surface area contributed by atoms with E-state index in [2.05, 4.69) is 20.9 Å². The Labute approximate surface area is 205 Å². The Morgan fingerprint density at radius 1 is 1.09 bits per heavy atom. The number of benzene rings is 2. The fourth-order valence-electron chi connectivity index (χ4n) is 4.09. The van der Waals surface area contributed by atoms with Crippen molar-refractivity contribution in [3.05, 3.63) is 82.4 Å². The van der Waals surface area contributed by atoms with E-state index in [0.717, 1.165) is 4.47 Å². The van der Waals surface area contributed by atoms with Crippen molar-refractivity contribution in [2.75, 3.05) is 20.8 Å². The van der Waals surface area contributed by atoms with E-state index < -0.39 is 17.7 Å². The van der Waals surface area contributed by atoms with Crippen LogP contribution in [0.25, 0.3) is 5.76 Å². The number of carbonyl (C=O) groups is 2. The number of nitrogens with zero attached hydrogens (tertiary/aromatic N) is 3. The lowest BCUT2D eigenvalue weighted by Crippen LogP contribution is -2.31. The minimum Gasteiger partial charge on any atom is -0.507 e. The van der Waals surface area contributed by atoms with Gasteiger partial charge < -0.3 is 24.0 Å². The molecule has 2 heterocycles. The lowest BCUT2D eigenvalue weighted by Gasteiger charge is -2.27. The molecule has 0 unspecified atom stereocenters. The van der Waals surface area contributed by atoms with Gasteiger partial charge in [-0.25, -0.2) is 4.98 Å². The van der Waals surface area contributed by atoms with Crippen LogP contribution in [0, 0.1) is 0 Å². The molecular weight excluding hydrogens is 502 g/mol. The molecule has 0 saturated carbocycles. The molecule has 1 fully saturated rings. The first-order valence-electron chi connectivity index (χ1n) is 10.7. The third-order valence-corrected chi connectivity index (χ3v) is 6.29. The monoisotopic (exact) mass is 525 g/mol. The number of hydrogen-bond acceptors (Lipinski definition) is 6. The molecule has 1 aliphatic rings. The van der Waals surface area contributed by atoms with Crippen LogP contribution >= 0.6 is 15.9 Å². The lowest BCUT2D eigenvalue weighted by atomic mass is 9.94. The highest BCUT2D eigenvalue weighted by Gasteiger charge is 2.47. The molecule has 9 heteroatoms. The smallest absolute Gasteiger partial charge is 0.295 e. The number of ether oxygens (including phenoxy) is 2. The molecule has 0 aliphatic carbocycles. The summed E-state index contributed by atoms with van der Waals surface area (Å²) in [4.78, 5) is 31.9. The zero-order valence-corrected chi connectivity index (χ0v) is 20.4. The Hall–Kier alpha value is -3.59. The third kappa shape index (κ3) is 4.56. The second-order valence-corrected chi connectivity index (χ2v) is 8.68. The normalized spacial score (nSPS) is 17.3. The number of halogens is 1. The highest BCUT2D eigenvalue weighted by molar-refractivity contribution is 9.10. The molecule has 0 spiro atoms. The molecule has 4 rings (SSSR count). The summed E-state index contributed by atoms with van der Waals surface area (Å²) in [7, 11) is 3.06. The van der Waals surface area contributed by atoms with Crippen LogP contribution in [0.15, 0.2) is 71.2 Å². The number of aliphatic hydroxyl groups excluding tert-OH is 1. The van der Waals surface area contributed by atoms with Crippen molar-refractivity contribution in [2.24, 2.45) is 0 Å². The summed E-state index contributed by atoms with van der Waals surface area (Å²) in [6, 6.07) is 11.2. The first-order valence-corrected chi connectivity index (χ1v) is 11.5. The number of ketones is 1. The topological polar surface area (TPSA) is 93.9 Å². The number of imidazole rings is 1. The number of aliphatic hydroxyl groups is 1. The van der Waals surface area contributed by atoms with Gasteiger partial charge in [-0.15, -0.1) is 0 Å². The van der Waals surface area contributed by atoms with Crippen LogP contribution in [0.5, 0.6) is 11.5 Å². The quantitative estimate of drug-likeness (QED) is 0.269. The minimum absolute atomic E-state index is 0.0153. The van der Waals surface area contributed by atoms with E-state index >= 15 is 0 Å². The summed E-state index contributed by atoms with van der Waals surface area (Å²) in [5.41, 5.74) is 1.01. The van der Waals surface area contributed by atoms with Gasteiger partial charge in [0.1, 0.15) is 17.3 Å². The van der Waals surface area contributed by atoms with Crippen molar-refractivity contribution in [1.82, 2.24) is 14.5 Å². The number of likely N-dealkylation sites (tertiary alicyclic amines) is 1. The molecule has 1 aromatic heterocycles. The van der Waals surface area contributed by atoms with Gasteiger partial charge in [0.25, 0.3) is 11.7 Å². The summed E-state index contributed by atoms with van der Waals surface area (Å²) < 4.78 is 13.7. The molecule has 2 aromatic carbocycles. The molecule has 1 N–H and O–H groups in total. The molecule has 1 aliphatic heterocycles. The van der Waals surface area contributed by atoms with Crippen LogP contribution in [0.4, 0.5) is 0 Å². The third-order valence-electron chi connectivity index (χ3n) is 5.76. The van der Waals surface area contributed by atoms with Crippen molar-refractivity contribution >= 4 is 33.4 Å². The van der Waals surface area contributed by atoms with Gasteiger partial charge in [0.05, 0.1) is 32.2 Å². The Morgan fingerprint density at radius 3 is 2.50 bits per heavy atom. The largest absolute Gasteiger partial charge is 0.507 e. The molecule has 34 heavy (non-hydrogen) atoms. The standard InChI is InChI=1S/C25H24BrN3O5/c1-33-18-8-9-20(34-2)19(14-18)22-21(23(30)16-4-6-17(26)7-5-16)24(31)25(32)29(22)12-3-11-28-13-10-27-15-28/h4-10,13-15,22,30H,3,11-12H2,1-2H3/t22-/m1/s1. The molecule has 1 atom stereocenters. The molecule has 3 aromatic rings. The first-order chi connectivity index (χ1) is 16.4. The number of rotatable bonds is 8. The number of methoxy groups -OCH3 is 2. The lowest BCUT2D eigenvalue weighted by molar-refractivity contribution is -0.140. The summed E-state index contributed by atoms with van der Waals surface area (Å²) in [6.07, 6.45) is 5.81. The van der Waals surface area contributed by atoms with Gasteiger partial charge in [0.15, 0.2) is 0 Å². The fraction of sp³-hybridized carbons (Fsp3) is 0.240. The van der Waals surface area contributed by atoms with Crippen LogP contribution in [-0.4, -0.2) is 52.0 Å². The Balaban J connectivity index is 1.81. The van der Waals surface area contributed by atoms with Crippen molar-refractivity contribution in [1.29, 1.82) is 0 Å². The Kier molecular flexibility index (Phi) is 7.02. The van der Waals surface area contributed by atoms with Crippen molar-refractivity contribution in [3.8, 4) is 11.5 Å². The first kappa shape index (κ1) is 23.6. The summed E-state index contributed by atoms with van der Waals surface area (Å²) >= 11 is 3.37. The maximum Gasteiger partial charge on any atom is 0.295 e. The second kappa shape index (κ2) is 10.1. The van der Waals surface area contributed by atoms with Crippen LogP contribution in [0.2, 0.25) is 0 Å². The molecule has 0 bridgehead atoms. The predicted octanol–water partition coefficient (Wildman–Crippen LogP) is 4.17.